The first-order chi connectivity index (χ1) is 3.29. The molecule has 1 aliphatic heterocycles. The molecule has 0 aromatic rings. The second-order valence-corrected chi connectivity index (χ2v) is 1.71. The second-order valence-electron chi connectivity index (χ2n) is 1.28. The van der Waals surface area contributed by atoms with Gasteiger partial charge in [-0.05, 0) is 0 Å². The van der Waals surface area contributed by atoms with Crippen LogP contribution in [0, 0.1) is 6.42 Å². The van der Waals surface area contributed by atoms with Crippen LogP contribution in [0.3, 0.4) is 0 Å². The molecule has 1 rings (SSSR count). The van der Waals surface area contributed by atoms with Crippen LogP contribution in [0.1, 0.15) is 6.42 Å². The molecule has 1 radical (unpaired) electrons. The second kappa shape index (κ2) is 1.70. The van der Waals surface area contributed by atoms with E-state index in [9.17, 15) is 4.79 Å². The van der Waals surface area contributed by atoms with Gasteiger partial charge in [-0.1, -0.05) is 11.6 Å². The SMILES string of the molecule is O=C1C[CH]C(Cl)O1. The first-order valence-electron chi connectivity index (χ1n) is 1.96. The summed E-state index contributed by atoms with van der Waals surface area (Å²) in [6.07, 6.45) is 1.97. The van der Waals surface area contributed by atoms with Crippen LogP contribution >= 0.6 is 11.6 Å². The van der Waals surface area contributed by atoms with Crippen molar-refractivity contribution >= 4 is 17.6 Å². The van der Waals surface area contributed by atoms with Crippen LogP contribution in [0.25, 0.3) is 0 Å². The molecule has 1 atom stereocenters. The van der Waals surface area contributed by atoms with Crippen molar-refractivity contribution in [2.45, 2.75) is 12.0 Å². The first-order valence-corrected chi connectivity index (χ1v) is 2.39. The number of halogens is 1. The van der Waals surface area contributed by atoms with Gasteiger partial charge in [-0.2, -0.15) is 0 Å². The molecule has 0 amide bonds. The number of carbonyl (C=O) groups excluding carboxylic acids is 1. The standard InChI is InChI=1S/C4H4ClO2/c5-3-1-2-4(6)7-3/h1,3H,2H2. The average Bonchev–Trinajstić information content (AvgIpc) is 1.87. The molecule has 1 unspecified atom stereocenters. The van der Waals surface area contributed by atoms with Crippen molar-refractivity contribution in [3.63, 3.8) is 0 Å². The number of rotatable bonds is 0. The maximum Gasteiger partial charge on any atom is 0.307 e. The van der Waals surface area contributed by atoms with E-state index in [2.05, 4.69) is 4.74 Å². The third-order valence-corrected chi connectivity index (χ3v) is 0.981. The van der Waals surface area contributed by atoms with Crippen molar-refractivity contribution in [2.24, 2.45) is 0 Å². The third kappa shape index (κ3) is 1.06. The number of esters is 1. The fraction of sp³-hybridized carbons (Fsp3) is 0.500. The van der Waals surface area contributed by atoms with E-state index in [0.717, 1.165) is 0 Å². The van der Waals surface area contributed by atoms with E-state index in [1.54, 1.807) is 6.42 Å². The van der Waals surface area contributed by atoms with E-state index in [1.807, 2.05) is 0 Å². The molecular formula is C4H4ClO2. The molecule has 39 valence electrons. The Kier molecular flexibility index (Phi) is 1.19. The van der Waals surface area contributed by atoms with Gasteiger partial charge in [-0.15, -0.1) is 0 Å². The molecule has 3 heteroatoms. The van der Waals surface area contributed by atoms with E-state index >= 15 is 0 Å². The minimum atomic E-state index is -0.479. The molecule has 0 spiro atoms. The Morgan fingerprint density at radius 3 is 2.86 bits per heavy atom. The van der Waals surface area contributed by atoms with E-state index < -0.39 is 5.56 Å². The Bertz CT molecular complexity index is 91.7. The van der Waals surface area contributed by atoms with Crippen LogP contribution in [0.5, 0.6) is 0 Å². The van der Waals surface area contributed by atoms with Crippen LogP contribution in [0.2, 0.25) is 0 Å². The molecule has 1 saturated heterocycles. The Morgan fingerprint density at radius 1 is 2.00 bits per heavy atom. The van der Waals surface area contributed by atoms with Gasteiger partial charge in [-0.3, -0.25) is 4.79 Å². The molecule has 0 N–H and O–H groups in total. The zero-order valence-electron chi connectivity index (χ0n) is 3.56. The van der Waals surface area contributed by atoms with E-state index in [4.69, 9.17) is 11.6 Å². The zero-order valence-corrected chi connectivity index (χ0v) is 4.31. The Morgan fingerprint density at radius 2 is 2.71 bits per heavy atom. The van der Waals surface area contributed by atoms with E-state index in [1.165, 1.54) is 0 Å². The largest absolute Gasteiger partial charge is 0.446 e. The number of cyclic esters (lactones) is 1. The Labute approximate surface area is 46.4 Å². The molecule has 0 aromatic carbocycles. The predicted octanol–water partition coefficient (Wildman–Crippen LogP) is 0.702. The smallest absolute Gasteiger partial charge is 0.307 e. The maximum absolute atomic E-state index is 10.1. The van der Waals surface area contributed by atoms with Gasteiger partial charge in [0.15, 0.2) is 5.56 Å². The highest BCUT2D eigenvalue weighted by Gasteiger charge is 2.20. The van der Waals surface area contributed by atoms with E-state index in [0.29, 0.717) is 6.42 Å². The summed E-state index contributed by atoms with van der Waals surface area (Å²) in [6.45, 7) is 0. The highest BCUT2D eigenvalue weighted by molar-refractivity contribution is 6.21. The van der Waals surface area contributed by atoms with Crippen molar-refractivity contribution in [3.05, 3.63) is 6.42 Å². The summed E-state index contributed by atoms with van der Waals surface area (Å²) >= 11 is 5.31. The first kappa shape index (κ1) is 4.91. The number of carbonyl (C=O) groups is 1. The topological polar surface area (TPSA) is 26.3 Å². The molecule has 0 aliphatic carbocycles. The van der Waals surface area contributed by atoms with Crippen molar-refractivity contribution in [1.82, 2.24) is 0 Å². The predicted molar refractivity (Wildman–Crippen MR) is 24.6 cm³/mol. The van der Waals surface area contributed by atoms with Gasteiger partial charge in [0.05, 0.1) is 6.42 Å². The van der Waals surface area contributed by atoms with Crippen LogP contribution in [-0.2, 0) is 9.53 Å². The fourth-order valence-corrected chi connectivity index (χ4v) is 0.599. The van der Waals surface area contributed by atoms with Crippen LogP contribution in [0.15, 0.2) is 0 Å². The molecule has 1 fully saturated rings. The fourth-order valence-electron chi connectivity index (χ4n) is 0.411. The lowest BCUT2D eigenvalue weighted by molar-refractivity contribution is -0.139. The van der Waals surface area contributed by atoms with Gasteiger partial charge in [-0.25, -0.2) is 0 Å². The van der Waals surface area contributed by atoms with Gasteiger partial charge >= 0.3 is 5.97 Å². The summed E-state index contributed by atoms with van der Waals surface area (Å²) in [4.78, 5) is 10.1. The summed E-state index contributed by atoms with van der Waals surface area (Å²) in [5.41, 5.74) is -0.479. The lowest BCUT2D eigenvalue weighted by Gasteiger charge is -1.92. The number of hydrogen-bond donors (Lipinski definition) is 0. The molecule has 0 bridgehead atoms. The maximum atomic E-state index is 10.1. The van der Waals surface area contributed by atoms with Crippen molar-refractivity contribution < 1.29 is 9.53 Å². The van der Waals surface area contributed by atoms with Crippen molar-refractivity contribution in [1.29, 1.82) is 0 Å². The summed E-state index contributed by atoms with van der Waals surface area (Å²) in [5.74, 6) is -0.236. The molecule has 0 saturated carbocycles. The minimum Gasteiger partial charge on any atom is -0.446 e. The molecule has 1 aliphatic rings. The van der Waals surface area contributed by atoms with E-state index in [-0.39, 0.29) is 5.97 Å². The highest BCUT2D eigenvalue weighted by atomic mass is 35.5. The van der Waals surface area contributed by atoms with Gasteiger partial charge in [0.25, 0.3) is 0 Å². The Hall–Kier alpha value is -0.240. The lowest BCUT2D eigenvalue weighted by atomic mass is 10.4. The van der Waals surface area contributed by atoms with Crippen molar-refractivity contribution in [2.75, 3.05) is 0 Å². The monoisotopic (exact) mass is 119 g/mol. The van der Waals surface area contributed by atoms with Crippen molar-refractivity contribution in [3.8, 4) is 0 Å². The summed E-state index contributed by atoms with van der Waals surface area (Å²) < 4.78 is 4.43. The quantitative estimate of drug-likeness (QED) is 0.347. The summed E-state index contributed by atoms with van der Waals surface area (Å²) in [7, 11) is 0. The van der Waals surface area contributed by atoms with Gasteiger partial charge in [0, 0.05) is 6.42 Å². The molecule has 1 heterocycles. The third-order valence-electron chi connectivity index (χ3n) is 0.714. The number of alkyl halides is 1. The number of hydrogen-bond acceptors (Lipinski definition) is 2. The zero-order chi connectivity index (χ0) is 5.28. The lowest BCUT2D eigenvalue weighted by Crippen LogP contribution is -1.96. The summed E-state index contributed by atoms with van der Waals surface area (Å²) in [5, 5.41) is 0. The average molecular weight is 120 g/mol. The van der Waals surface area contributed by atoms with Gasteiger partial charge in [0.2, 0.25) is 0 Å². The van der Waals surface area contributed by atoms with Crippen LogP contribution in [0.4, 0.5) is 0 Å². The normalized spacial score (nSPS) is 30.4. The minimum absolute atomic E-state index is 0.236. The van der Waals surface area contributed by atoms with Crippen LogP contribution in [-0.4, -0.2) is 11.5 Å². The van der Waals surface area contributed by atoms with Gasteiger partial charge < -0.3 is 4.74 Å². The van der Waals surface area contributed by atoms with Gasteiger partial charge in [0.1, 0.15) is 0 Å². The molecular weight excluding hydrogens is 115 g/mol. The number of ether oxygens (including phenoxy) is 1. The summed E-state index contributed by atoms with van der Waals surface area (Å²) in [6, 6.07) is 0. The highest BCUT2D eigenvalue weighted by Crippen LogP contribution is 2.14. The van der Waals surface area contributed by atoms with Crippen LogP contribution < -0.4 is 0 Å². The molecule has 7 heavy (non-hydrogen) atoms. The Balaban J connectivity index is 2.40. The molecule has 2 nitrogen and oxygen atoms in total. The molecule has 0 aromatic heterocycles.